The van der Waals surface area contributed by atoms with Gasteiger partial charge in [-0.3, -0.25) is 18.9 Å². The summed E-state index contributed by atoms with van der Waals surface area (Å²) in [6.07, 6.45) is 5.47. The summed E-state index contributed by atoms with van der Waals surface area (Å²) in [5.41, 5.74) is 0.624. The highest BCUT2D eigenvalue weighted by atomic mass is 16.5. The number of ether oxygens (including phenoxy) is 2. The Bertz CT molecular complexity index is 1400. The summed E-state index contributed by atoms with van der Waals surface area (Å²) < 4.78 is 13.3. The molecule has 0 spiro atoms. The Balaban J connectivity index is 1.87. The Morgan fingerprint density at radius 1 is 1.17 bits per heavy atom. The average molecular weight is 407 g/mol. The molecule has 0 aliphatic carbocycles. The van der Waals surface area contributed by atoms with E-state index in [2.05, 4.69) is 21.5 Å². The first-order chi connectivity index (χ1) is 14.5. The van der Waals surface area contributed by atoms with Crippen molar-refractivity contribution < 1.29 is 9.47 Å². The number of benzene rings is 1. The van der Waals surface area contributed by atoms with Crippen LogP contribution in [-0.4, -0.2) is 38.3 Å². The van der Waals surface area contributed by atoms with Crippen molar-refractivity contribution >= 4 is 21.9 Å². The van der Waals surface area contributed by atoms with Crippen molar-refractivity contribution in [2.75, 3.05) is 14.2 Å². The monoisotopic (exact) mass is 407 g/mol. The fourth-order valence-electron chi connectivity index (χ4n) is 3.54. The van der Waals surface area contributed by atoms with Crippen molar-refractivity contribution in [3.05, 3.63) is 69.4 Å². The molecule has 0 bridgehead atoms. The van der Waals surface area contributed by atoms with Gasteiger partial charge in [-0.05, 0) is 23.1 Å². The first kappa shape index (κ1) is 19.4. The second-order valence-corrected chi connectivity index (χ2v) is 6.83. The van der Waals surface area contributed by atoms with Gasteiger partial charge in [0.05, 0.1) is 14.2 Å². The molecule has 0 saturated carbocycles. The third-order valence-electron chi connectivity index (χ3n) is 5.04. The van der Waals surface area contributed by atoms with E-state index in [1.54, 1.807) is 32.7 Å². The van der Waals surface area contributed by atoms with Gasteiger partial charge in [0.2, 0.25) is 0 Å². The topological polar surface area (TPSA) is 104 Å². The Morgan fingerprint density at radius 2 is 1.90 bits per heavy atom. The third kappa shape index (κ3) is 3.04. The second kappa shape index (κ2) is 7.51. The van der Waals surface area contributed by atoms with E-state index in [9.17, 15) is 9.59 Å². The number of hydrogen-bond acceptors (Lipinski definition) is 6. The van der Waals surface area contributed by atoms with Crippen LogP contribution in [0.4, 0.5) is 0 Å². The number of allylic oxidation sites excluding steroid dienone is 1. The van der Waals surface area contributed by atoms with E-state index in [0.717, 1.165) is 20.9 Å². The molecule has 0 unspecified atom stereocenters. The molecule has 3 aromatic heterocycles. The van der Waals surface area contributed by atoms with Gasteiger partial charge < -0.3 is 14.5 Å². The summed E-state index contributed by atoms with van der Waals surface area (Å²) in [7, 11) is 4.61. The number of nitrogens with one attached hydrogen (secondary N) is 1. The maximum absolute atomic E-state index is 12.5. The van der Waals surface area contributed by atoms with Gasteiger partial charge in [0.25, 0.3) is 5.56 Å². The smallest absolute Gasteiger partial charge is 0.332 e. The van der Waals surface area contributed by atoms with Crippen LogP contribution in [0, 0.1) is 0 Å². The van der Waals surface area contributed by atoms with Gasteiger partial charge in [-0.1, -0.05) is 6.08 Å². The number of pyridine rings is 1. The van der Waals surface area contributed by atoms with Gasteiger partial charge in [-0.15, -0.1) is 6.58 Å². The van der Waals surface area contributed by atoms with Crippen LogP contribution in [-0.2, 0) is 20.0 Å². The van der Waals surface area contributed by atoms with Gasteiger partial charge in [0.1, 0.15) is 11.3 Å². The molecular formula is C21H21N5O4. The van der Waals surface area contributed by atoms with E-state index in [4.69, 9.17) is 9.47 Å². The molecule has 0 radical (unpaired) electrons. The molecule has 0 amide bonds. The minimum Gasteiger partial charge on any atom is -0.493 e. The summed E-state index contributed by atoms with van der Waals surface area (Å²) in [6, 6.07) is 3.75. The minimum atomic E-state index is -0.436. The summed E-state index contributed by atoms with van der Waals surface area (Å²) in [6.45, 7) is 3.93. The normalized spacial score (nSPS) is 11.2. The molecule has 1 aromatic carbocycles. The Kier molecular flexibility index (Phi) is 4.86. The third-order valence-corrected chi connectivity index (χ3v) is 5.04. The van der Waals surface area contributed by atoms with Crippen molar-refractivity contribution in [3.63, 3.8) is 0 Å². The molecule has 0 aliphatic rings. The Hall–Kier alpha value is -3.88. The van der Waals surface area contributed by atoms with Crippen LogP contribution < -0.4 is 20.7 Å². The number of imidazole rings is 1. The lowest BCUT2D eigenvalue weighted by Crippen LogP contribution is -2.38. The molecule has 154 valence electrons. The number of hydrogen-bond donors (Lipinski definition) is 1. The predicted molar refractivity (Wildman–Crippen MR) is 113 cm³/mol. The maximum Gasteiger partial charge on any atom is 0.332 e. The van der Waals surface area contributed by atoms with Crippen LogP contribution in [0.15, 0.2) is 46.8 Å². The summed E-state index contributed by atoms with van der Waals surface area (Å²) in [5.74, 6) is 1.77. The standard InChI is InChI=1S/C21H21N5O4/c1-5-6-26-19-18(20(27)25(2)21(26)28)23-17(24-19)8-13-11-22-10-12-7-15(29-3)16(30-4)9-14(12)13/h5,7,9-11H,1,6,8H2,2-4H3,(H,23,24). The van der Waals surface area contributed by atoms with Crippen molar-refractivity contribution in [3.8, 4) is 11.5 Å². The molecule has 9 heteroatoms. The molecule has 1 N–H and O–H groups in total. The van der Waals surface area contributed by atoms with Crippen molar-refractivity contribution in [1.29, 1.82) is 0 Å². The lowest BCUT2D eigenvalue weighted by atomic mass is 10.0. The molecule has 0 aliphatic heterocycles. The van der Waals surface area contributed by atoms with Gasteiger partial charge in [0.15, 0.2) is 17.1 Å². The SMILES string of the molecule is C=CCn1c(=O)n(C)c(=O)c2[nH]c(Cc3cncc4cc(OC)c(OC)cc34)nc21. The lowest BCUT2D eigenvalue weighted by molar-refractivity contribution is 0.356. The van der Waals surface area contributed by atoms with E-state index in [0.29, 0.717) is 29.4 Å². The highest BCUT2D eigenvalue weighted by Gasteiger charge is 2.16. The Labute approximate surface area is 171 Å². The van der Waals surface area contributed by atoms with Crippen LogP contribution in [0.2, 0.25) is 0 Å². The molecule has 0 saturated heterocycles. The first-order valence-corrected chi connectivity index (χ1v) is 9.26. The molecule has 4 aromatic rings. The molecule has 9 nitrogen and oxygen atoms in total. The highest BCUT2D eigenvalue weighted by Crippen LogP contribution is 2.33. The van der Waals surface area contributed by atoms with Crippen molar-refractivity contribution in [2.45, 2.75) is 13.0 Å². The van der Waals surface area contributed by atoms with Crippen LogP contribution in [0.3, 0.4) is 0 Å². The van der Waals surface area contributed by atoms with Crippen molar-refractivity contribution in [2.24, 2.45) is 7.05 Å². The number of nitrogens with zero attached hydrogens (tertiary/aromatic N) is 4. The quantitative estimate of drug-likeness (QED) is 0.489. The first-order valence-electron chi connectivity index (χ1n) is 9.26. The van der Waals surface area contributed by atoms with E-state index in [-0.39, 0.29) is 12.1 Å². The molecule has 3 heterocycles. The zero-order valence-corrected chi connectivity index (χ0v) is 16.9. The average Bonchev–Trinajstić information content (AvgIpc) is 3.18. The number of H-pyrrole nitrogens is 1. The number of methoxy groups -OCH3 is 2. The van der Waals surface area contributed by atoms with Crippen LogP contribution in [0.5, 0.6) is 11.5 Å². The fraction of sp³-hybridized carbons (Fsp3) is 0.238. The minimum absolute atomic E-state index is 0.251. The molecule has 0 atom stereocenters. The zero-order chi connectivity index (χ0) is 21.4. The van der Waals surface area contributed by atoms with Crippen LogP contribution in [0.1, 0.15) is 11.4 Å². The van der Waals surface area contributed by atoms with E-state index in [1.165, 1.54) is 11.6 Å². The van der Waals surface area contributed by atoms with E-state index < -0.39 is 11.2 Å². The summed E-state index contributed by atoms with van der Waals surface area (Å²) >= 11 is 0. The molecule has 30 heavy (non-hydrogen) atoms. The van der Waals surface area contributed by atoms with E-state index in [1.807, 2.05) is 12.1 Å². The number of aromatic nitrogens is 5. The van der Waals surface area contributed by atoms with Crippen LogP contribution >= 0.6 is 0 Å². The second-order valence-electron chi connectivity index (χ2n) is 6.83. The van der Waals surface area contributed by atoms with Gasteiger partial charge in [-0.2, -0.15) is 0 Å². The summed E-state index contributed by atoms with van der Waals surface area (Å²) in [5, 5.41) is 1.82. The largest absolute Gasteiger partial charge is 0.493 e. The number of rotatable bonds is 6. The molecule has 0 fully saturated rings. The summed E-state index contributed by atoms with van der Waals surface area (Å²) in [4.78, 5) is 36.9. The molecular weight excluding hydrogens is 386 g/mol. The maximum atomic E-state index is 12.5. The van der Waals surface area contributed by atoms with E-state index >= 15 is 0 Å². The number of aromatic amines is 1. The van der Waals surface area contributed by atoms with Crippen LogP contribution in [0.25, 0.3) is 21.9 Å². The lowest BCUT2D eigenvalue weighted by Gasteiger charge is -2.11. The van der Waals surface area contributed by atoms with Gasteiger partial charge >= 0.3 is 5.69 Å². The zero-order valence-electron chi connectivity index (χ0n) is 16.9. The van der Waals surface area contributed by atoms with Crippen molar-refractivity contribution in [1.82, 2.24) is 24.1 Å². The Morgan fingerprint density at radius 3 is 2.60 bits per heavy atom. The number of fused-ring (bicyclic) bond motifs is 2. The fourth-order valence-corrected chi connectivity index (χ4v) is 3.54. The molecule has 4 rings (SSSR count). The predicted octanol–water partition coefficient (Wildman–Crippen LogP) is 1.77. The highest BCUT2D eigenvalue weighted by molar-refractivity contribution is 5.88. The van der Waals surface area contributed by atoms with Gasteiger partial charge in [0, 0.05) is 37.8 Å². The van der Waals surface area contributed by atoms with Gasteiger partial charge in [-0.25, -0.2) is 9.78 Å².